The van der Waals surface area contributed by atoms with Gasteiger partial charge in [0.15, 0.2) is 5.82 Å². The molecule has 104 valence electrons. The highest BCUT2D eigenvalue weighted by Crippen LogP contribution is 2.30. The Labute approximate surface area is 118 Å². The van der Waals surface area contributed by atoms with Crippen LogP contribution in [-0.4, -0.2) is 20.1 Å². The molecule has 3 heterocycles. The molecule has 0 radical (unpaired) electrons. The molecule has 0 bridgehead atoms. The number of aryl methyl sites for hydroxylation is 1. The number of nitrogens with zero attached hydrogens (tertiary/aromatic N) is 4. The highest BCUT2D eigenvalue weighted by Gasteiger charge is 2.11. The van der Waals surface area contributed by atoms with Gasteiger partial charge in [-0.05, 0) is 12.5 Å². The van der Waals surface area contributed by atoms with Crippen molar-refractivity contribution in [2.24, 2.45) is 5.84 Å². The summed E-state index contributed by atoms with van der Waals surface area (Å²) in [5.74, 6) is 7.03. The summed E-state index contributed by atoms with van der Waals surface area (Å²) in [4.78, 5) is 14.8. The van der Waals surface area contributed by atoms with Crippen LogP contribution in [0, 0.1) is 0 Å². The molecule has 9 heteroatoms. The average Bonchev–Trinajstić information content (AvgIpc) is 3.12. The van der Waals surface area contributed by atoms with Crippen molar-refractivity contribution < 1.29 is 4.52 Å². The summed E-state index contributed by atoms with van der Waals surface area (Å²) in [7, 11) is 0. The number of hydrogen-bond acceptors (Lipinski definition) is 9. The second kappa shape index (κ2) is 5.39. The lowest BCUT2D eigenvalue weighted by Crippen LogP contribution is -2.12. The SMILES string of the molecule is CCc1cc2c(NCc3ncon3)nc(NN)nc2s1. The van der Waals surface area contributed by atoms with Crippen LogP contribution in [0.2, 0.25) is 0 Å². The first-order valence-corrected chi connectivity index (χ1v) is 6.88. The summed E-state index contributed by atoms with van der Waals surface area (Å²) in [5, 5.41) is 7.89. The number of nitrogens with two attached hydrogens (primary N) is 1. The predicted octanol–water partition coefficient (Wildman–Crippen LogP) is 1.53. The number of anilines is 2. The smallest absolute Gasteiger partial charge is 0.240 e. The second-order valence-corrected chi connectivity index (χ2v) is 5.14. The van der Waals surface area contributed by atoms with E-state index < -0.39 is 0 Å². The summed E-state index contributed by atoms with van der Waals surface area (Å²) >= 11 is 1.63. The minimum absolute atomic E-state index is 0.373. The molecule has 8 nitrogen and oxygen atoms in total. The molecule has 0 amide bonds. The zero-order chi connectivity index (χ0) is 13.9. The van der Waals surface area contributed by atoms with Gasteiger partial charge in [-0.15, -0.1) is 11.3 Å². The molecule has 0 saturated heterocycles. The standard InChI is InChI=1S/C11H13N7OS/c1-2-6-3-7-9(13-4-8-14-5-19-18-8)15-11(17-12)16-10(7)20-6/h3,5H,2,4,12H2,1H3,(H2,13,15,16,17). The maximum Gasteiger partial charge on any atom is 0.240 e. The van der Waals surface area contributed by atoms with E-state index in [1.165, 1.54) is 11.3 Å². The molecule has 3 aromatic heterocycles. The lowest BCUT2D eigenvalue weighted by Gasteiger charge is -2.06. The molecular weight excluding hydrogens is 278 g/mol. The third-order valence-electron chi connectivity index (χ3n) is 2.74. The number of fused-ring (bicyclic) bond motifs is 1. The van der Waals surface area contributed by atoms with Crippen molar-refractivity contribution in [2.75, 3.05) is 10.7 Å². The monoisotopic (exact) mass is 291 g/mol. The van der Waals surface area contributed by atoms with Gasteiger partial charge in [0, 0.05) is 4.88 Å². The zero-order valence-electron chi connectivity index (χ0n) is 10.8. The molecular formula is C11H13N7OS. The van der Waals surface area contributed by atoms with E-state index in [4.69, 9.17) is 10.4 Å². The number of aromatic nitrogens is 4. The first-order valence-electron chi connectivity index (χ1n) is 6.06. The van der Waals surface area contributed by atoms with Crippen molar-refractivity contribution in [3.05, 3.63) is 23.2 Å². The molecule has 3 rings (SSSR count). The highest BCUT2D eigenvalue weighted by atomic mass is 32.1. The van der Waals surface area contributed by atoms with Gasteiger partial charge in [-0.3, -0.25) is 5.43 Å². The molecule has 0 fully saturated rings. The molecule has 20 heavy (non-hydrogen) atoms. The number of nitrogen functional groups attached to an aromatic ring is 1. The topological polar surface area (TPSA) is 115 Å². The third-order valence-corrected chi connectivity index (χ3v) is 3.92. The Bertz CT molecular complexity index is 709. The number of nitrogens with one attached hydrogen (secondary N) is 2. The molecule has 0 aliphatic rings. The Morgan fingerprint density at radius 1 is 1.40 bits per heavy atom. The van der Waals surface area contributed by atoms with Crippen LogP contribution in [0.1, 0.15) is 17.6 Å². The highest BCUT2D eigenvalue weighted by molar-refractivity contribution is 7.18. The van der Waals surface area contributed by atoms with Gasteiger partial charge in [0.05, 0.1) is 11.9 Å². The first-order chi connectivity index (χ1) is 9.80. The van der Waals surface area contributed by atoms with E-state index in [0.717, 1.165) is 16.6 Å². The fourth-order valence-corrected chi connectivity index (χ4v) is 2.75. The fraction of sp³-hybridized carbons (Fsp3) is 0.273. The van der Waals surface area contributed by atoms with Gasteiger partial charge >= 0.3 is 0 Å². The largest absolute Gasteiger partial charge is 0.362 e. The Hall–Kier alpha value is -2.26. The van der Waals surface area contributed by atoms with Crippen molar-refractivity contribution in [3.63, 3.8) is 0 Å². The molecule has 0 atom stereocenters. The van der Waals surface area contributed by atoms with Gasteiger partial charge in [0.25, 0.3) is 0 Å². The lowest BCUT2D eigenvalue weighted by molar-refractivity contribution is 0.411. The Morgan fingerprint density at radius 2 is 2.30 bits per heavy atom. The van der Waals surface area contributed by atoms with Gasteiger partial charge in [0.2, 0.25) is 12.3 Å². The maximum absolute atomic E-state index is 5.40. The summed E-state index contributed by atoms with van der Waals surface area (Å²) in [6, 6.07) is 2.08. The minimum Gasteiger partial charge on any atom is -0.362 e. The average molecular weight is 291 g/mol. The number of hydrogen-bond donors (Lipinski definition) is 3. The van der Waals surface area contributed by atoms with E-state index >= 15 is 0 Å². The second-order valence-electron chi connectivity index (χ2n) is 4.03. The van der Waals surface area contributed by atoms with Crippen molar-refractivity contribution in [1.82, 2.24) is 20.1 Å². The van der Waals surface area contributed by atoms with Gasteiger partial charge in [0.1, 0.15) is 10.6 Å². The number of hydrazine groups is 1. The molecule has 0 unspecified atom stereocenters. The van der Waals surface area contributed by atoms with Crippen LogP contribution in [0.5, 0.6) is 0 Å². The Morgan fingerprint density at radius 3 is 3.00 bits per heavy atom. The van der Waals surface area contributed by atoms with Crippen LogP contribution in [0.25, 0.3) is 10.2 Å². The molecule has 0 spiro atoms. The molecule has 0 aliphatic carbocycles. The summed E-state index contributed by atoms with van der Waals surface area (Å²) in [6.07, 6.45) is 2.25. The van der Waals surface area contributed by atoms with E-state index in [0.29, 0.717) is 24.1 Å². The van der Waals surface area contributed by atoms with E-state index in [2.05, 4.69) is 43.8 Å². The molecule has 0 saturated carbocycles. The maximum atomic E-state index is 5.40. The van der Waals surface area contributed by atoms with Crippen LogP contribution in [-0.2, 0) is 13.0 Å². The Kier molecular flexibility index (Phi) is 3.44. The van der Waals surface area contributed by atoms with E-state index in [1.807, 2.05) is 0 Å². The van der Waals surface area contributed by atoms with Gasteiger partial charge < -0.3 is 9.84 Å². The number of thiophene rings is 1. The predicted molar refractivity (Wildman–Crippen MR) is 76.2 cm³/mol. The molecule has 0 aromatic carbocycles. The van der Waals surface area contributed by atoms with Crippen LogP contribution >= 0.6 is 11.3 Å². The van der Waals surface area contributed by atoms with Crippen molar-refractivity contribution in [1.29, 1.82) is 0 Å². The minimum atomic E-state index is 0.373. The fourth-order valence-electron chi connectivity index (χ4n) is 1.78. The molecule has 3 aromatic rings. The Balaban J connectivity index is 1.96. The van der Waals surface area contributed by atoms with Crippen molar-refractivity contribution in [3.8, 4) is 0 Å². The normalized spacial score (nSPS) is 10.9. The summed E-state index contributed by atoms with van der Waals surface area (Å²) in [5.41, 5.74) is 2.47. The van der Waals surface area contributed by atoms with Gasteiger partial charge in [-0.1, -0.05) is 12.1 Å². The summed E-state index contributed by atoms with van der Waals surface area (Å²) < 4.78 is 4.69. The first kappa shape index (κ1) is 12.8. The van der Waals surface area contributed by atoms with Crippen LogP contribution in [0.4, 0.5) is 11.8 Å². The third kappa shape index (κ3) is 2.40. The van der Waals surface area contributed by atoms with Crippen molar-refractivity contribution in [2.45, 2.75) is 19.9 Å². The van der Waals surface area contributed by atoms with E-state index in [1.54, 1.807) is 11.3 Å². The van der Waals surface area contributed by atoms with Gasteiger partial charge in [-0.25, -0.2) is 10.8 Å². The van der Waals surface area contributed by atoms with E-state index in [9.17, 15) is 0 Å². The zero-order valence-corrected chi connectivity index (χ0v) is 11.6. The lowest BCUT2D eigenvalue weighted by atomic mass is 10.3. The van der Waals surface area contributed by atoms with Crippen LogP contribution < -0.4 is 16.6 Å². The van der Waals surface area contributed by atoms with Crippen LogP contribution in [0.3, 0.4) is 0 Å². The summed E-state index contributed by atoms with van der Waals surface area (Å²) in [6.45, 7) is 2.52. The van der Waals surface area contributed by atoms with Gasteiger partial charge in [-0.2, -0.15) is 9.97 Å². The van der Waals surface area contributed by atoms with Crippen molar-refractivity contribution >= 4 is 33.3 Å². The number of rotatable bonds is 5. The molecule has 0 aliphatic heterocycles. The van der Waals surface area contributed by atoms with Crippen LogP contribution in [0.15, 0.2) is 17.0 Å². The quantitative estimate of drug-likeness (QED) is 0.479. The molecule has 4 N–H and O–H groups in total. The van der Waals surface area contributed by atoms with E-state index in [-0.39, 0.29) is 0 Å².